The van der Waals surface area contributed by atoms with Crippen molar-refractivity contribution < 1.29 is 29.9 Å². The summed E-state index contributed by atoms with van der Waals surface area (Å²) in [5, 5.41) is 37.4. The molecule has 1 saturated heterocycles. The van der Waals surface area contributed by atoms with E-state index < -0.39 is 37.3 Å². The fraction of sp³-hybridized carbons (Fsp3) is 0.538. The van der Waals surface area contributed by atoms with Crippen molar-refractivity contribution in [3.05, 3.63) is 35.9 Å². The summed E-state index contributed by atoms with van der Waals surface area (Å²) < 4.78 is 11.0. The minimum atomic E-state index is -1.34. The molecule has 6 nitrogen and oxygen atoms in total. The van der Waals surface area contributed by atoms with Gasteiger partial charge in [-0.05, 0) is 0 Å². The van der Waals surface area contributed by atoms with Crippen LogP contribution in [0.3, 0.4) is 0 Å². The highest BCUT2D eigenvalue weighted by Crippen LogP contribution is 2.33. The topological polar surface area (TPSA) is 99.4 Å². The van der Waals surface area contributed by atoms with E-state index in [1.54, 1.807) is 12.1 Å². The molecule has 0 bridgehead atoms. The molecule has 19 heavy (non-hydrogen) atoms. The third-order valence-corrected chi connectivity index (χ3v) is 3.12. The Morgan fingerprint density at radius 3 is 2.32 bits per heavy atom. The molecule has 0 saturated carbocycles. The molecule has 4 N–H and O–H groups in total. The summed E-state index contributed by atoms with van der Waals surface area (Å²) >= 11 is 0. The second-order valence-corrected chi connectivity index (χ2v) is 4.44. The van der Waals surface area contributed by atoms with E-state index in [9.17, 15) is 15.3 Å². The Kier molecular flexibility index (Phi) is 4.87. The smallest absolute Gasteiger partial charge is 0.184 e. The highest BCUT2D eigenvalue weighted by atomic mass is 16.7. The minimum absolute atomic E-state index is 0.344. The molecule has 5 atom stereocenters. The van der Waals surface area contributed by atoms with Gasteiger partial charge in [-0.25, -0.2) is 0 Å². The maximum absolute atomic E-state index is 9.86. The molecular formula is C13H18O6. The predicted octanol–water partition coefficient (Wildman–Crippen LogP) is -0.824. The Labute approximate surface area is 110 Å². The van der Waals surface area contributed by atoms with Gasteiger partial charge in [0.2, 0.25) is 0 Å². The summed E-state index contributed by atoms with van der Waals surface area (Å²) in [7, 11) is 0. The van der Waals surface area contributed by atoms with E-state index in [0.29, 0.717) is 0 Å². The van der Waals surface area contributed by atoms with Crippen molar-refractivity contribution in [3.8, 4) is 0 Å². The second-order valence-electron chi connectivity index (χ2n) is 4.44. The summed E-state index contributed by atoms with van der Waals surface area (Å²) in [5.74, 6) is 0. The largest absolute Gasteiger partial charge is 0.394 e. The fourth-order valence-electron chi connectivity index (χ4n) is 2.04. The Morgan fingerprint density at radius 2 is 1.74 bits per heavy atom. The Morgan fingerprint density at radius 1 is 1.05 bits per heavy atom. The molecule has 0 aromatic heterocycles. The number of hydrogen-bond acceptors (Lipinski definition) is 6. The SMILES string of the molecule is OC[C@H](O)[C@H](O)[C@H]1OC(c2ccccc2)O[C@@H]1CO. The zero-order chi connectivity index (χ0) is 13.8. The second kappa shape index (κ2) is 6.42. The van der Waals surface area contributed by atoms with Crippen LogP contribution in [0.4, 0.5) is 0 Å². The van der Waals surface area contributed by atoms with Crippen molar-refractivity contribution >= 4 is 0 Å². The highest BCUT2D eigenvalue weighted by molar-refractivity contribution is 5.17. The molecule has 1 heterocycles. The van der Waals surface area contributed by atoms with Crippen LogP contribution in [-0.2, 0) is 9.47 Å². The molecule has 0 amide bonds. The Bertz CT molecular complexity index is 384. The van der Waals surface area contributed by atoms with Crippen molar-refractivity contribution in [3.63, 3.8) is 0 Å². The van der Waals surface area contributed by atoms with Gasteiger partial charge in [-0.15, -0.1) is 0 Å². The molecule has 0 aliphatic carbocycles. The van der Waals surface area contributed by atoms with Gasteiger partial charge in [0.1, 0.15) is 24.4 Å². The van der Waals surface area contributed by atoms with E-state index >= 15 is 0 Å². The molecule has 0 spiro atoms. The van der Waals surface area contributed by atoms with E-state index in [0.717, 1.165) is 5.56 Å². The molecule has 1 aliphatic rings. The quantitative estimate of drug-likeness (QED) is 0.558. The van der Waals surface area contributed by atoms with Crippen molar-refractivity contribution in [2.75, 3.05) is 13.2 Å². The van der Waals surface area contributed by atoms with Crippen LogP contribution >= 0.6 is 0 Å². The summed E-state index contributed by atoms with van der Waals surface area (Å²) in [6.07, 6.45) is -5.00. The lowest BCUT2D eigenvalue weighted by Crippen LogP contribution is -2.45. The van der Waals surface area contributed by atoms with E-state index in [2.05, 4.69) is 0 Å². The van der Waals surface area contributed by atoms with Crippen molar-refractivity contribution in [1.82, 2.24) is 0 Å². The van der Waals surface area contributed by atoms with Crippen LogP contribution in [0.5, 0.6) is 0 Å². The summed E-state index contributed by atoms with van der Waals surface area (Å²) in [5.41, 5.74) is 0.758. The Hall–Kier alpha value is -1.02. The zero-order valence-electron chi connectivity index (χ0n) is 10.3. The first-order valence-corrected chi connectivity index (χ1v) is 6.11. The fourth-order valence-corrected chi connectivity index (χ4v) is 2.04. The van der Waals surface area contributed by atoms with Gasteiger partial charge in [0.25, 0.3) is 0 Å². The summed E-state index contributed by atoms with van der Waals surface area (Å²) in [6.45, 7) is -0.932. The number of ether oxygens (including phenoxy) is 2. The molecule has 0 radical (unpaired) electrons. The van der Waals surface area contributed by atoms with E-state index in [1.807, 2.05) is 18.2 Å². The van der Waals surface area contributed by atoms with Gasteiger partial charge in [0.05, 0.1) is 13.2 Å². The van der Waals surface area contributed by atoms with Crippen LogP contribution in [0.25, 0.3) is 0 Å². The van der Waals surface area contributed by atoms with Gasteiger partial charge >= 0.3 is 0 Å². The summed E-state index contributed by atoms with van der Waals surface area (Å²) in [4.78, 5) is 0. The summed E-state index contributed by atoms with van der Waals surface area (Å²) in [6, 6.07) is 9.10. The number of hydrogen-bond donors (Lipinski definition) is 4. The first kappa shape index (κ1) is 14.4. The van der Waals surface area contributed by atoms with Crippen LogP contribution in [0.15, 0.2) is 30.3 Å². The average Bonchev–Trinajstić information content (AvgIpc) is 2.90. The van der Waals surface area contributed by atoms with Gasteiger partial charge in [-0.1, -0.05) is 30.3 Å². The van der Waals surface area contributed by atoms with Crippen LogP contribution in [0.2, 0.25) is 0 Å². The third kappa shape index (κ3) is 3.11. The number of aliphatic hydroxyl groups excluding tert-OH is 4. The highest BCUT2D eigenvalue weighted by Gasteiger charge is 2.42. The van der Waals surface area contributed by atoms with E-state index in [4.69, 9.17) is 14.6 Å². The molecule has 2 rings (SSSR count). The Balaban J connectivity index is 2.09. The van der Waals surface area contributed by atoms with Gasteiger partial charge in [-0.3, -0.25) is 0 Å². The van der Waals surface area contributed by atoms with E-state index in [-0.39, 0.29) is 6.61 Å². The van der Waals surface area contributed by atoms with Gasteiger partial charge < -0.3 is 29.9 Å². The predicted molar refractivity (Wildman–Crippen MR) is 65.1 cm³/mol. The van der Waals surface area contributed by atoms with Crippen molar-refractivity contribution in [1.29, 1.82) is 0 Å². The molecule has 1 aromatic rings. The third-order valence-electron chi connectivity index (χ3n) is 3.12. The maximum atomic E-state index is 9.86. The molecule has 1 fully saturated rings. The monoisotopic (exact) mass is 270 g/mol. The first-order valence-electron chi connectivity index (χ1n) is 6.11. The molecule has 6 heteroatoms. The van der Waals surface area contributed by atoms with Crippen LogP contribution in [-0.4, -0.2) is 58.1 Å². The van der Waals surface area contributed by atoms with Gasteiger partial charge in [0, 0.05) is 5.56 Å². The number of aliphatic hydroxyl groups is 4. The molecular weight excluding hydrogens is 252 g/mol. The zero-order valence-corrected chi connectivity index (χ0v) is 10.3. The lowest BCUT2D eigenvalue weighted by Gasteiger charge is -2.23. The van der Waals surface area contributed by atoms with Crippen LogP contribution in [0, 0.1) is 0 Å². The van der Waals surface area contributed by atoms with Gasteiger partial charge in [0.15, 0.2) is 6.29 Å². The molecule has 1 aromatic carbocycles. The molecule has 1 aliphatic heterocycles. The van der Waals surface area contributed by atoms with Crippen molar-refractivity contribution in [2.45, 2.75) is 30.7 Å². The normalized spacial score (nSPS) is 30.2. The lowest BCUT2D eigenvalue weighted by atomic mass is 10.0. The van der Waals surface area contributed by atoms with E-state index in [1.165, 1.54) is 0 Å². The van der Waals surface area contributed by atoms with Crippen LogP contribution in [0.1, 0.15) is 11.9 Å². The lowest BCUT2D eigenvalue weighted by molar-refractivity contribution is -0.113. The number of rotatable bonds is 5. The molecule has 106 valence electrons. The number of benzene rings is 1. The van der Waals surface area contributed by atoms with Gasteiger partial charge in [-0.2, -0.15) is 0 Å². The van der Waals surface area contributed by atoms with Crippen LogP contribution < -0.4 is 0 Å². The maximum Gasteiger partial charge on any atom is 0.184 e. The molecule has 1 unspecified atom stereocenters. The van der Waals surface area contributed by atoms with Crippen molar-refractivity contribution in [2.24, 2.45) is 0 Å². The first-order chi connectivity index (χ1) is 9.17. The average molecular weight is 270 g/mol. The standard InChI is InChI=1S/C13H18O6/c14-6-9(16)11(17)12-10(7-15)18-13(19-12)8-4-2-1-3-5-8/h1-5,9-17H,6-7H2/t9-,10+,11-,12-,13?/m0/s1. The minimum Gasteiger partial charge on any atom is -0.394 e.